The predicted octanol–water partition coefficient (Wildman–Crippen LogP) is 4.42. The zero-order valence-electron chi connectivity index (χ0n) is 18.1. The number of carbonyl (C=O) groups is 2. The Hall–Kier alpha value is -3.62. The van der Waals surface area contributed by atoms with Crippen LogP contribution in [0.1, 0.15) is 5.56 Å². The van der Waals surface area contributed by atoms with E-state index >= 15 is 0 Å². The Morgan fingerprint density at radius 1 is 1.09 bits per heavy atom. The quantitative estimate of drug-likeness (QED) is 0.338. The Balaban J connectivity index is 1.54. The number of carbonyl (C=O) groups excluding carboxylic acids is 2. The first kappa shape index (κ1) is 22.2. The van der Waals surface area contributed by atoms with Gasteiger partial charge in [-0.1, -0.05) is 47.6 Å². The molecule has 170 valence electrons. The second-order valence-electron chi connectivity index (χ2n) is 7.87. The molecule has 0 bridgehead atoms. The lowest BCUT2D eigenvalue weighted by molar-refractivity contribution is -0.120. The maximum absolute atomic E-state index is 13.4. The fourth-order valence-electron chi connectivity index (χ4n) is 3.89. The van der Waals surface area contributed by atoms with E-state index in [0.717, 1.165) is 17.3 Å². The lowest BCUT2D eigenvalue weighted by Crippen LogP contribution is -2.43. The van der Waals surface area contributed by atoms with E-state index in [9.17, 15) is 14.4 Å². The van der Waals surface area contributed by atoms with Crippen molar-refractivity contribution in [3.8, 4) is 5.69 Å². The van der Waals surface area contributed by atoms with Crippen LogP contribution in [0.15, 0.2) is 76.7 Å². The molecule has 1 N–H and O–H groups in total. The highest BCUT2D eigenvalue weighted by Crippen LogP contribution is 2.30. The van der Waals surface area contributed by atoms with Gasteiger partial charge in [-0.3, -0.25) is 19.0 Å². The van der Waals surface area contributed by atoms with Crippen LogP contribution in [-0.4, -0.2) is 33.7 Å². The summed E-state index contributed by atoms with van der Waals surface area (Å²) < 4.78 is 1.51. The van der Waals surface area contributed by atoms with Crippen molar-refractivity contribution in [1.29, 1.82) is 0 Å². The Kier molecular flexibility index (Phi) is 5.85. The van der Waals surface area contributed by atoms with E-state index in [-0.39, 0.29) is 29.7 Å². The highest BCUT2D eigenvalue weighted by atomic mass is 35.5. The number of hydrogen-bond donors (Lipinski definition) is 1. The summed E-state index contributed by atoms with van der Waals surface area (Å²) in [7, 11) is 0. The molecule has 2 heterocycles. The minimum absolute atomic E-state index is 0.00799. The number of amides is 2. The van der Waals surface area contributed by atoms with Crippen LogP contribution in [-0.2, 0) is 9.59 Å². The van der Waals surface area contributed by atoms with Crippen molar-refractivity contribution in [2.75, 3.05) is 22.5 Å². The molecule has 34 heavy (non-hydrogen) atoms. The van der Waals surface area contributed by atoms with E-state index in [0.29, 0.717) is 38.1 Å². The fourth-order valence-corrected chi connectivity index (χ4v) is 4.95. The topological polar surface area (TPSA) is 84.3 Å². The van der Waals surface area contributed by atoms with Gasteiger partial charge >= 0.3 is 0 Å². The summed E-state index contributed by atoms with van der Waals surface area (Å²) in [5.41, 5.74) is 3.09. The third-order valence-electron chi connectivity index (χ3n) is 5.46. The maximum atomic E-state index is 13.4. The van der Waals surface area contributed by atoms with Gasteiger partial charge in [0, 0.05) is 5.02 Å². The first-order valence-corrected chi connectivity index (χ1v) is 11.9. The number of benzene rings is 3. The van der Waals surface area contributed by atoms with Gasteiger partial charge in [-0.15, -0.1) is 0 Å². The van der Waals surface area contributed by atoms with Crippen molar-refractivity contribution in [3.05, 3.63) is 87.7 Å². The molecule has 1 aliphatic rings. The monoisotopic (exact) mass is 490 g/mol. The third-order valence-corrected chi connectivity index (χ3v) is 6.62. The SMILES string of the molecule is Cc1cccc(-n2c(SCC(=O)N3CC(=O)Nc4ccccc43)nc3cc(Cl)ccc3c2=O)c1. The number of aromatic nitrogens is 2. The number of halogens is 1. The molecule has 5 rings (SSSR count). The second-order valence-corrected chi connectivity index (χ2v) is 9.25. The molecule has 0 saturated carbocycles. The molecular weight excluding hydrogens is 472 g/mol. The molecule has 0 aliphatic carbocycles. The van der Waals surface area contributed by atoms with Crippen LogP contribution >= 0.6 is 23.4 Å². The van der Waals surface area contributed by atoms with E-state index in [1.165, 1.54) is 9.47 Å². The Bertz CT molecular complexity index is 1520. The van der Waals surface area contributed by atoms with E-state index in [2.05, 4.69) is 10.3 Å². The van der Waals surface area contributed by atoms with E-state index in [1.807, 2.05) is 37.3 Å². The molecule has 1 aliphatic heterocycles. The number of nitrogens with one attached hydrogen (secondary N) is 1. The Morgan fingerprint density at radius 3 is 2.74 bits per heavy atom. The van der Waals surface area contributed by atoms with Gasteiger partial charge in [-0.2, -0.15) is 0 Å². The zero-order chi connectivity index (χ0) is 23.8. The maximum Gasteiger partial charge on any atom is 0.266 e. The van der Waals surface area contributed by atoms with Crippen molar-refractivity contribution in [3.63, 3.8) is 0 Å². The lowest BCUT2D eigenvalue weighted by atomic mass is 10.2. The van der Waals surface area contributed by atoms with E-state index in [1.54, 1.807) is 36.4 Å². The van der Waals surface area contributed by atoms with Crippen LogP contribution in [0.5, 0.6) is 0 Å². The van der Waals surface area contributed by atoms with Gasteiger partial charge < -0.3 is 10.2 Å². The number of rotatable bonds is 4. The molecule has 0 radical (unpaired) electrons. The van der Waals surface area contributed by atoms with Crippen molar-refractivity contribution in [2.45, 2.75) is 12.1 Å². The van der Waals surface area contributed by atoms with Gasteiger partial charge in [-0.05, 0) is 55.0 Å². The highest BCUT2D eigenvalue weighted by molar-refractivity contribution is 7.99. The molecular formula is C25H19ClN4O3S. The smallest absolute Gasteiger partial charge is 0.266 e. The first-order chi connectivity index (χ1) is 16.4. The summed E-state index contributed by atoms with van der Waals surface area (Å²) >= 11 is 7.28. The molecule has 7 nitrogen and oxygen atoms in total. The minimum Gasteiger partial charge on any atom is -0.323 e. The molecule has 0 atom stereocenters. The van der Waals surface area contributed by atoms with Gasteiger partial charge in [0.15, 0.2) is 5.16 Å². The highest BCUT2D eigenvalue weighted by Gasteiger charge is 2.27. The third kappa shape index (κ3) is 4.18. The molecule has 1 aromatic heterocycles. The van der Waals surface area contributed by atoms with Gasteiger partial charge in [0.2, 0.25) is 11.8 Å². The average molecular weight is 491 g/mol. The number of para-hydroxylation sites is 2. The van der Waals surface area contributed by atoms with Crippen LogP contribution in [0.2, 0.25) is 5.02 Å². The first-order valence-electron chi connectivity index (χ1n) is 10.5. The molecule has 0 spiro atoms. The summed E-state index contributed by atoms with van der Waals surface area (Å²) in [4.78, 5) is 44.9. The Morgan fingerprint density at radius 2 is 1.91 bits per heavy atom. The molecule has 0 fully saturated rings. The summed E-state index contributed by atoms with van der Waals surface area (Å²) in [6.07, 6.45) is 0. The van der Waals surface area contributed by atoms with Crippen molar-refractivity contribution >= 4 is 57.5 Å². The largest absolute Gasteiger partial charge is 0.323 e. The van der Waals surface area contributed by atoms with E-state index in [4.69, 9.17) is 11.6 Å². The number of fused-ring (bicyclic) bond motifs is 2. The van der Waals surface area contributed by atoms with Crippen LogP contribution < -0.4 is 15.8 Å². The van der Waals surface area contributed by atoms with Crippen molar-refractivity contribution < 1.29 is 9.59 Å². The van der Waals surface area contributed by atoms with Crippen LogP contribution in [0.25, 0.3) is 16.6 Å². The Labute approximate surface area is 204 Å². The van der Waals surface area contributed by atoms with Crippen LogP contribution in [0.3, 0.4) is 0 Å². The van der Waals surface area contributed by atoms with Crippen LogP contribution in [0.4, 0.5) is 11.4 Å². The average Bonchev–Trinajstić information content (AvgIpc) is 2.81. The standard InChI is InChI=1S/C25H19ClN4O3S/c1-15-5-4-6-17(11-15)30-24(33)18-10-9-16(26)12-20(18)28-25(30)34-14-23(32)29-13-22(31)27-19-7-2-3-8-21(19)29/h2-12H,13-14H2,1H3,(H,27,31). The minimum atomic E-state index is -0.261. The molecule has 0 saturated heterocycles. The lowest BCUT2D eigenvalue weighted by Gasteiger charge is -2.29. The fraction of sp³-hybridized carbons (Fsp3) is 0.120. The summed E-state index contributed by atoms with van der Waals surface area (Å²) in [5, 5.41) is 4.05. The van der Waals surface area contributed by atoms with Gasteiger partial charge in [0.1, 0.15) is 6.54 Å². The van der Waals surface area contributed by atoms with Crippen molar-refractivity contribution in [1.82, 2.24) is 9.55 Å². The molecule has 4 aromatic rings. The summed E-state index contributed by atoms with van der Waals surface area (Å²) in [6, 6.07) is 19.6. The van der Waals surface area contributed by atoms with Gasteiger partial charge in [-0.25, -0.2) is 4.98 Å². The van der Waals surface area contributed by atoms with E-state index < -0.39 is 0 Å². The molecule has 2 amide bonds. The number of anilines is 2. The van der Waals surface area contributed by atoms with Crippen LogP contribution in [0, 0.1) is 6.92 Å². The number of aryl methyl sites for hydroxylation is 1. The number of nitrogens with zero attached hydrogens (tertiary/aromatic N) is 3. The summed E-state index contributed by atoms with van der Waals surface area (Å²) in [6.45, 7) is 1.87. The van der Waals surface area contributed by atoms with Crippen molar-refractivity contribution in [2.24, 2.45) is 0 Å². The molecule has 3 aromatic carbocycles. The molecule has 9 heteroatoms. The predicted molar refractivity (Wildman–Crippen MR) is 135 cm³/mol. The van der Waals surface area contributed by atoms with Gasteiger partial charge in [0.05, 0.1) is 33.7 Å². The number of thioether (sulfide) groups is 1. The van der Waals surface area contributed by atoms with Gasteiger partial charge in [0.25, 0.3) is 5.56 Å². The second kappa shape index (κ2) is 8.96. The normalized spacial score (nSPS) is 13.0. The summed E-state index contributed by atoms with van der Waals surface area (Å²) in [5.74, 6) is -0.526. The molecule has 0 unspecified atom stereocenters. The zero-order valence-corrected chi connectivity index (χ0v) is 19.7. The number of hydrogen-bond acceptors (Lipinski definition) is 5.